The summed E-state index contributed by atoms with van der Waals surface area (Å²) < 4.78 is 4.65. The summed E-state index contributed by atoms with van der Waals surface area (Å²) in [5.41, 5.74) is 0.810. The lowest BCUT2D eigenvalue weighted by Crippen LogP contribution is -1.93. The summed E-state index contributed by atoms with van der Waals surface area (Å²) in [6.07, 6.45) is 2.59. The smallest absolute Gasteiger partial charge is 0.333 e. The Balaban J connectivity index is 0.000000371. The van der Waals surface area contributed by atoms with Gasteiger partial charge in [-0.1, -0.05) is 19.9 Å². The predicted molar refractivity (Wildman–Crippen MR) is 40.7 cm³/mol. The van der Waals surface area contributed by atoms with Crippen molar-refractivity contribution < 1.29 is 9.53 Å². The van der Waals surface area contributed by atoms with Crippen LogP contribution in [-0.4, -0.2) is 12.6 Å². The van der Waals surface area contributed by atoms with Crippen LogP contribution in [0.1, 0.15) is 27.2 Å². The molecule has 10 heavy (non-hydrogen) atoms. The van der Waals surface area contributed by atoms with Crippen LogP contribution in [0.15, 0.2) is 11.6 Å². The number of rotatable bonds is 0. The van der Waals surface area contributed by atoms with Crippen molar-refractivity contribution in [1.29, 1.82) is 0 Å². The van der Waals surface area contributed by atoms with Gasteiger partial charge in [-0.2, -0.15) is 0 Å². The Bertz CT molecular complexity index is 136. The van der Waals surface area contributed by atoms with Gasteiger partial charge in [0, 0.05) is 12.0 Å². The first-order chi connectivity index (χ1) is 4.84. The lowest BCUT2D eigenvalue weighted by molar-refractivity contribution is -0.135. The van der Waals surface area contributed by atoms with Gasteiger partial charge in [-0.25, -0.2) is 4.79 Å². The van der Waals surface area contributed by atoms with Crippen molar-refractivity contribution in [3.8, 4) is 0 Å². The fourth-order valence-electron chi connectivity index (χ4n) is 0.711. The van der Waals surface area contributed by atoms with Gasteiger partial charge in [0.1, 0.15) is 0 Å². The minimum atomic E-state index is -0.146. The van der Waals surface area contributed by atoms with E-state index in [0.717, 1.165) is 12.0 Å². The number of hydrogen-bond acceptors (Lipinski definition) is 2. The fraction of sp³-hybridized carbons (Fsp3) is 0.625. The highest BCUT2D eigenvalue weighted by molar-refractivity contribution is 5.90. The molecule has 0 amide bonds. The molecule has 1 aliphatic rings. The molecule has 2 heteroatoms. The van der Waals surface area contributed by atoms with Crippen molar-refractivity contribution >= 4 is 5.97 Å². The first kappa shape index (κ1) is 9.21. The van der Waals surface area contributed by atoms with Crippen LogP contribution in [0.5, 0.6) is 0 Å². The molecule has 1 aliphatic heterocycles. The predicted octanol–water partition coefficient (Wildman–Crippen LogP) is 1.91. The molecule has 0 atom stereocenters. The minimum Gasteiger partial charge on any atom is -0.462 e. The van der Waals surface area contributed by atoms with Crippen LogP contribution in [0.2, 0.25) is 0 Å². The normalized spacial score (nSPS) is 19.9. The molecule has 1 saturated heterocycles. The van der Waals surface area contributed by atoms with Gasteiger partial charge in [-0.3, -0.25) is 0 Å². The molecule has 0 unspecified atom stereocenters. The summed E-state index contributed by atoms with van der Waals surface area (Å²) >= 11 is 0. The average molecular weight is 142 g/mol. The number of carbonyl (C=O) groups excluding carboxylic acids is 1. The highest BCUT2D eigenvalue weighted by atomic mass is 16.5. The van der Waals surface area contributed by atoms with Gasteiger partial charge in [0.25, 0.3) is 0 Å². The molecule has 1 fully saturated rings. The SMILES string of the molecule is C/C=C1\CCOC1=O.CC. The van der Waals surface area contributed by atoms with Gasteiger partial charge < -0.3 is 4.74 Å². The summed E-state index contributed by atoms with van der Waals surface area (Å²) in [6.45, 7) is 6.42. The van der Waals surface area contributed by atoms with Gasteiger partial charge in [0.05, 0.1) is 6.61 Å². The standard InChI is InChI=1S/C6H8O2.C2H6/c1-2-5-3-4-8-6(5)7;1-2/h2H,3-4H2,1H3;1-2H3/b5-2+;. The Morgan fingerprint density at radius 3 is 2.30 bits per heavy atom. The lowest BCUT2D eigenvalue weighted by Gasteiger charge is -1.84. The van der Waals surface area contributed by atoms with E-state index in [1.807, 2.05) is 20.8 Å². The molecule has 0 aromatic rings. The summed E-state index contributed by atoms with van der Waals surface area (Å²) in [7, 11) is 0. The third-order valence-corrected chi connectivity index (χ3v) is 1.22. The number of carbonyl (C=O) groups is 1. The fourth-order valence-corrected chi connectivity index (χ4v) is 0.711. The third kappa shape index (κ3) is 2.21. The summed E-state index contributed by atoms with van der Waals surface area (Å²) in [6, 6.07) is 0. The van der Waals surface area contributed by atoms with E-state index in [-0.39, 0.29) is 5.97 Å². The highest BCUT2D eigenvalue weighted by Crippen LogP contribution is 2.11. The first-order valence-corrected chi connectivity index (χ1v) is 3.67. The Labute approximate surface area is 61.9 Å². The van der Waals surface area contributed by atoms with E-state index in [1.54, 1.807) is 6.08 Å². The van der Waals surface area contributed by atoms with E-state index in [1.165, 1.54) is 0 Å². The molecule has 0 spiro atoms. The van der Waals surface area contributed by atoms with Gasteiger partial charge in [-0.05, 0) is 6.92 Å². The Kier molecular flexibility index (Phi) is 4.63. The molecule has 0 bridgehead atoms. The van der Waals surface area contributed by atoms with E-state index in [9.17, 15) is 4.79 Å². The molecule has 0 saturated carbocycles. The molecule has 58 valence electrons. The Hall–Kier alpha value is -0.790. The average Bonchev–Trinajstić information content (AvgIpc) is 2.39. The number of ether oxygens (including phenoxy) is 1. The monoisotopic (exact) mass is 142 g/mol. The molecular formula is C8H14O2. The zero-order valence-electron chi connectivity index (χ0n) is 6.81. The van der Waals surface area contributed by atoms with Crippen molar-refractivity contribution in [2.75, 3.05) is 6.61 Å². The van der Waals surface area contributed by atoms with Crippen molar-refractivity contribution in [3.63, 3.8) is 0 Å². The van der Waals surface area contributed by atoms with Crippen LogP contribution >= 0.6 is 0 Å². The minimum absolute atomic E-state index is 0.146. The van der Waals surface area contributed by atoms with Gasteiger partial charge >= 0.3 is 5.97 Å². The zero-order valence-corrected chi connectivity index (χ0v) is 6.81. The molecule has 0 aromatic carbocycles. The molecular weight excluding hydrogens is 128 g/mol. The molecule has 0 aromatic heterocycles. The van der Waals surface area contributed by atoms with Crippen LogP contribution in [-0.2, 0) is 9.53 Å². The first-order valence-electron chi connectivity index (χ1n) is 3.67. The molecule has 1 rings (SSSR count). The van der Waals surface area contributed by atoms with Crippen molar-refractivity contribution in [3.05, 3.63) is 11.6 Å². The van der Waals surface area contributed by atoms with E-state index in [2.05, 4.69) is 4.74 Å². The van der Waals surface area contributed by atoms with E-state index < -0.39 is 0 Å². The molecule has 0 radical (unpaired) electrons. The maximum Gasteiger partial charge on any atom is 0.333 e. The van der Waals surface area contributed by atoms with Crippen LogP contribution in [0, 0.1) is 0 Å². The molecule has 1 heterocycles. The van der Waals surface area contributed by atoms with E-state index >= 15 is 0 Å². The molecule has 0 N–H and O–H groups in total. The molecule has 2 nitrogen and oxygen atoms in total. The van der Waals surface area contributed by atoms with Gasteiger partial charge in [0.15, 0.2) is 0 Å². The van der Waals surface area contributed by atoms with Crippen LogP contribution < -0.4 is 0 Å². The van der Waals surface area contributed by atoms with Crippen molar-refractivity contribution in [1.82, 2.24) is 0 Å². The lowest BCUT2D eigenvalue weighted by atomic mass is 10.2. The summed E-state index contributed by atoms with van der Waals surface area (Å²) in [5, 5.41) is 0. The van der Waals surface area contributed by atoms with Crippen molar-refractivity contribution in [2.24, 2.45) is 0 Å². The van der Waals surface area contributed by atoms with Gasteiger partial charge in [0.2, 0.25) is 0 Å². The second-order valence-corrected chi connectivity index (χ2v) is 1.70. The Morgan fingerprint density at radius 2 is 2.10 bits per heavy atom. The summed E-state index contributed by atoms with van der Waals surface area (Å²) in [4.78, 5) is 10.5. The maximum absolute atomic E-state index is 10.5. The number of hydrogen-bond donors (Lipinski definition) is 0. The topological polar surface area (TPSA) is 26.3 Å². The second-order valence-electron chi connectivity index (χ2n) is 1.70. The highest BCUT2D eigenvalue weighted by Gasteiger charge is 2.16. The third-order valence-electron chi connectivity index (χ3n) is 1.22. The summed E-state index contributed by atoms with van der Waals surface area (Å²) in [5.74, 6) is -0.146. The number of cyclic esters (lactones) is 1. The van der Waals surface area contributed by atoms with Crippen LogP contribution in [0.25, 0.3) is 0 Å². The largest absolute Gasteiger partial charge is 0.462 e. The second kappa shape index (κ2) is 5.03. The Morgan fingerprint density at radius 1 is 1.50 bits per heavy atom. The number of allylic oxidation sites excluding steroid dienone is 1. The van der Waals surface area contributed by atoms with Crippen LogP contribution in [0.4, 0.5) is 0 Å². The molecule has 0 aliphatic carbocycles. The zero-order chi connectivity index (χ0) is 7.98. The van der Waals surface area contributed by atoms with E-state index in [4.69, 9.17) is 0 Å². The van der Waals surface area contributed by atoms with Gasteiger partial charge in [-0.15, -0.1) is 0 Å². The quantitative estimate of drug-likeness (QED) is 0.381. The maximum atomic E-state index is 10.5. The van der Waals surface area contributed by atoms with Crippen LogP contribution in [0.3, 0.4) is 0 Å². The van der Waals surface area contributed by atoms with E-state index in [0.29, 0.717) is 6.61 Å². The number of esters is 1. The van der Waals surface area contributed by atoms with Crippen molar-refractivity contribution in [2.45, 2.75) is 27.2 Å².